The van der Waals surface area contributed by atoms with E-state index in [0.29, 0.717) is 22.8 Å². The SMILES string of the molecule is Cc1cc(-c2ccc(C(=O)N3CC(F)(F)C3)cc2F)ccc1-c1ncc(CN=[N+]=[N-])o1. The molecule has 0 spiro atoms. The predicted octanol–water partition coefficient (Wildman–Crippen LogP) is 5.36. The van der Waals surface area contributed by atoms with Gasteiger partial charge in [-0.3, -0.25) is 4.79 Å². The van der Waals surface area contributed by atoms with Crippen LogP contribution in [-0.2, 0) is 6.54 Å². The molecular formula is C21H16F3N5O2. The van der Waals surface area contributed by atoms with Crippen molar-refractivity contribution in [3.8, 4) is 22.6 Å². The standard InChI is InChI=1S/C21H16F3N5O2/c1-12-6-13(2-4-16(12)19-26-8-15(31-19)9-27-28-25)17-5-3-14(7-18(17)22)20(30)29-10-21(23,24)11-29/h2-8H,9-11H2,1H3. The minimum absolute atomic E-state index is 0.0254. The van der Waals surface area contributed by atoms with Gasteiger partial charge < -0.3 is 9.32 Å². The van der Waals surface area contributed by atoms with Crippen molar-refractivity contribution in [2.45, 2.75) is 19.4 Å². The van der Waals surface area contributed by atoms with E-state index in [1.165, 1.54) is 18.3 Å². The number of hydrogen-bond acceptors (Lipinski definition) is 4. The largest absolute Gasteiger partial charge is 0.441 e. The molecule has 0 bridgehead atoms. The molecule has 2 heterocycles. The molecule has 1 amide bonds. The molecule has 0 aliphatic carbocycles. The van der Waals surface area contributed by atoms with E-state index in [2.05, 4.69) is 15.0 Å². The van der Waals surface area contributed by atoms with Gasteiger partial charge in [0.25, 0.3) is 11.8 Å². The fraction of sp³-hybridized carbons (Fsp3) is 0.238. The average molecular weight is 427 g/mol. The monoisotopic (exact) mass is 427 g/mol. The number of amides is 1. The van der Waals surface area contributed by atoms with Gasteiger partial charge in [-0.15, -0.1) is 0 Å². The van der Waals surface area contributed by atoms with Crippen molar-refractivity contribution in [3.05, 3.63) is 75.7 Å². The molecule has 31 heavy (non-hydrogen) atoms. The summed E-state index contributed by atoms with van der Waals surface area (Å²) in [5, 5.41) is 3.42. The first-order valence-corrected chi connectivity index (χ1v) is 9.31. The van der Waals surface area contributed by atoms with Gasteiger partial charge in [-0.25, -0.2) is 18.2 Å². The van der Waals surface area contributed by atoms with Gasteiger partial charge in [-0.1, -0.05) is 23.3 Å². The first kappa shape index (κ1) is 20.5. The van der Waals surface area contributed by atoms with Crippen LogP contribution in [0.15, 0.2) is 52.1 Å². The number of rotatable bonds is 5. The van der Waals surface area contributed by atoms with Crippen LogP contribution in [0.25, 0.3) is 33.0 Å². The van der Waals surface area contributed by atoms with Crippen molar-refractivity contribution in [2.24, 2.45) is 5.11 Å². The Labute approximate surface area is 174 Å². The minimum Gasteiger partial charge on any atom is -0.441 e. The van der Waals surface area contributed by atoms with E-state index >= 15 is 0 Å². The maximum atomic E-state index is 14.7. The van der Waals surface area contributed by atoms with Gasteiger partial charge in [0.2, 0.25) is 5.89 Å². The van der Waals surface area contributed by atoms with E-state index in [1.54, 1.807) is 18.2 Å². The lowest BCUT2D eigenvalue weighted by Crippen LogP contribution is -2.58. The van der Waals surface area contributed by atoms with E-state index in [1.807, 2.05) is 6.92 Å². The van der Waals surface area contributed by atoms with Gasteiger partial charge in [0, 0.05) is 21.6 Å². The van der Waals surface area contributed by atoms with Crippen LogP contribution >= 0.6 is 0 Å². The number of likely N-dealkylation sites (tertiary alicyclic amines) is 1. The highest BCUT2D eigenvalue weighted by atomic mass is 19.3. The molecule has 0 saturated carbocycles. The molecule has 0 radical (unpaired) electrons. The van der Waals surface area contributed by atoms with Gasteiger partial charge in [-0.2, -0.15) is 0 Å². The predicted molar refractivity (Wildman–Crippen MR) is 106 cm³/mol. The third kappa shape index (κ3) is 4.10. The summed E-state index contributed by atoms with van der Waals surface area (Å²) in [5.41, 5.74) is 10.7. The topological polar surface area (TPSA) is 95.1 Å². The smallest absolute Gasteiger partial charge is 0.282 e. The second kappa shape index (κ2) is 7.81. The molecule has 0 unspecified atom stereocenters. The third-order valence-electron chi connectivity index (χ3n) is 4.96. The molecule has 0 atom stereocenters. The number of benzene rings is 2. The number of halogens is 3. The van der Waals surface area contributed by atoms with Crippen LogP contribution in [0.1, 0.15) is 21.7 Å². The van der Waals surface area contributed by atoms with Crippen LogP contribution in [0.2, 0.25) is 0 Å². The zero-order valence-corrected chi connectivity index (χ0v) is 16.3. The Bertz CT molecular complexity index is 1210. The molecule has 1 fully saturated rings. The van der Waals surface area contributed by atoms with Crippen molar-refractivity contribution < 1.29 is 22.4 Å². The van der Waals surface area contributed by atoms with Crippen molar-refractivity contribution in [3.63, 3.8) is 0 Å². The van der Waals surface area contributed by atoms with Crippen LogP contribution < -0.4 is 0 Å². The maximum absolute atomic E-state index is 14.7. The van der Waals surface area contributed by atoms with Gasteiger partial charge in [0.05, 0.1) is 25.8 Å². The Morgan fingerprint density at radius 2 is 2.00 bits per heavy atom. The van der Waals surface area contributed by atoms with Gasteiger partial charge in [0.15, 0.2) is 0 Å². The number of nitrogens with zero attached hydrogens (tertiary/aromatic N) is 5. The van der Waals surface area contributed by atoms with Crippen LogP contribution in [0, 0.1) is 12.7 Å². The summed E-state index contributed by atoms with van der Waals surface area (Å²) in [6, 6.07) is 9.12. The number of aryl methyl sites for hydroxylation is 1. The molecule has 1 aliphatic rings. The number of hydrogen-bond donors (Lipinski definition) is 0. The summed E-state index contributed by atoms with van der Waals surface area (Å²) in [6.45, 7) is 0.560. The molecule has 0 N–H and O–H groups in total. The van der Waals surface area contributed by atoms with E-state index < -0.39 is 30.7 Å². The highest BCUT2D eigenvalue weighted by molar-refractivity contribution is 5.95. The van der Waals surface area contributed by atoms with Crippen molar-refractivity contribution in [2.75, 3.05) is 13.1 Å². The number of azide groups is 1. The molecule has 1 saturated heterocycles. The number of carbonyl (C=O) groups excluding carboxylic acids is 1. The van der Waals surface area contributed by atoms with Crippen molar-refractivity contribution in [1.29, 1.82) is 0 Å². The first-order valence-electron chi connectivity index (χ1n) is 9.31. The molecule has 1 aromatic heterocycles. The Morgan fingerprint density at radius 1 is 1.26 bits per heavy atom. The number of alkyl halides is 2. The van der Waals surface area contributed by atoms with Crippen LogP contribution in [-0.4, -0.2) is 34.8 Å². The Balaban J connectivity index is 1.56. The number of carbonyl (C=O) groups is 1. The normalized spacial score (nSPS) is 14.6. The van der Waals surface area contributed by atoms with Gasteiger partial charge >= 0.3 is 0 Å². The Kier molecular flexibility index (Phi) is 5.16. The van der Waals surface area contributed by atoms with E-state index in [9.17, 15) is 18.0 Å². The lowest BCUT2D eigenvalue weighted by molar-refractivity contribution is -0.113. The van der Waals surface area contributed by atoms with Crippen molar-refractivity contribution in [1.82, 2.24) is 9.88 Å². The van der Waals surface area contributed by atoms with Crippen molar-refractivity contribution >= 4 is 5.91 Å². The zero-order chi connectivity index (χ0) is 22.2. The summed E-state index contributed by atoms with van der Waals surface area (Å²) in [5.74, 6) is -3.36. The third-order valence-corrected chi connectivity index (χ3v) is 4.96. The summed E-state index contributed by atoms with van der Waals surface area (Å²) < 4.78 is 46.3. The molecular weight excluding hydrogens is 411 g/mol. The number of oxazole rings is 1. The van der Waals surface area contributed by atoms with Crippen LogP contribution in [0.5, 0.6) is 0 Å². The summed E-state index contributed by atoms with van der Waals surface area (Å²) in [4.78, 5) is 20.0. The maximum Gasteiger partial charge on any atom is 0.282 e. The minimum atomic E-state index is -2.88. The summed E-state index contributed by atoms with van der Waals surface area (Å²) in [6.07, 6.45) is 1.47. The molecule has 3 aromatic rings. The highest BCUT2D eigenvalue weighted by Crippen LogP contribution is 2.32. The lowest BCUT2D eigenvalue weighted by atomic mass is 9.98. The fourth-order valence-electron chi connectivity index (χ4n) is 3.40. The molecule has 158 valence electrons. The molecule has 10 heteroatoms. The second-order valence-electron chi connectivity index (χ2n) is 7.26. The second-order valence-corrected chi connectivity index (χ2v) is 7.26. The average Bonchev–Trinajstić information content (AvgIpc) is 3.18. The zero-order valence-electron chi connectivity index (χ0n) is 16.3. The van der Waals surface area contributed by atoms with E-state index in [-0.39, 0.29) is 17.7 Å². The van der Waals surface area contributed by atoms with E-state index in [4.69, 9.17) is 9.95 Å². The number of aromatic nitrogens is 1. The fourth-order valence-corrected chi connectivity index (χ4v) is 3.40. The molecule has 2 aromatic carbocycles. The highest BCUT2D eigenvalue weighted by Gasteiger charge is 2.46. The van der Waals surface area contributed by atoms with Crippen LogP contribution in [0.4, 0.5) is 13.2 Å². The Morgan fingerprint density at radius 3 is 2.65 bits per heavy atom. The summed E-state index contributed by atoms with van der Waals surface area (Å²) >= 11 is 0. The molecule has 7 nitrogen and oxygen atoms in total. The van der Waals surface area contributed by atoms with Gasteiger partial charge in [-0.05, 0) is 41.8 Å². The van der Waals surface area contributed by atoms with Crippen LogP contribution in [0.3, 0.4) is 0 Å². The molecule has 1 aliphatic heterocycles. The quantitative estimate of drug-likeness (QED) is 0.312. The first-order chi connectivity index (χ1) is 14.8. The lowest BCUT2D eigenvalue weighted by Gasteiger charge is -2.38. The Hall–Kier alpha value is -3.78. The summed E-state index contributed by atoms with van der Waals surface area (Å²) in [7, 11) is 0. The van der Waals surface area contributed by atoms with E-state index in [0.717, 1.165) is 16.5 Å². The molecule has 4 rings (SSSR count). The van der Waals surface area contributed by atoms with Gasteiger partial charge in [0.1, 0.15) is 11.6 Å².